The van der Waals surface area contributed by atoms with Crippen LogP contribution in [0.25, 0.3) is 0 Å². The first-order valence-corrected chi connectivity index (χ1v) is 10.6. The molecule has 3 rings (SSSR count). The van der Waals surface area contributed by atoms with Crippen molar-refractivity contribution in [2.75, 3.05) is 12.3 Å². The highest BCUT2D eigenvalue weighted by molar-refractivity contribution is 8.01. The van der Waals surface area contributed by atoms with E-state index in [4.69, 9.17) is 10.8 Å². The van der Waals surface area contributed by atoms with E-state index in [0.29, 0.717) is 35.0 Å². The molecule has 1 amide bonds. The maximum atomic E-state index is 12.7. The summed E-state index contributed by atoms with van der Waals surface area (Å²) in [6.45, 7) is -2.57. The third kappa shape index (κ3) is 5.22. The molecule has 2 heterocycles. The second kappa shape index (κ2) is 9.51. The lowest BCUT2D eigenvalue weighted by Crippen LogP contribution is -2.41. The summed E-state index contributed by atoms with van der Waals surface area (Å²) in [7, 11) is 0. The lowest BCUT2D eigenvalue weighted by molar-refractivity contribution is -0.129. The molecule has 0 saturated carbocycles. The summed E-state index contributed by atoms with van der Waals surface area (Å²) in [5, 5.41) is 10.4. The van der Waals surface area contributed by atoms with Gasteiger partial charge in [0, 0.05) is 29.7 Å². The number of aromatic carboxylic acids is 1. The van der Waals surface area contributed by atoms with Crippen LogP contribution in [-0.2, 0) is 4.79 Å². The number of thioether (sulfide) groups is 1. The second-order valence-electron chi connectivity index (χ2n) is 6.29. The first-order chi connectivity index (χ1) is 13.9. The van der Waals surface area contributed by atoms with Gasteiger partial charge in [0.25, 0.3) is 0 Å². The van der Waals surface area contributed by atoms with Crippen LogP contribution in [0.1, 0.15) is 34.9 Å². The highest BCUT2D eigenvalue weighted by atomic mass is 32.2. The number of alkyl halides is 2. The number of ether oxygens (including phenoxy) is 1. The van der Waals surface area contributed by atoms with Gasteiger partial charge in [0.05, 0.1) is 12.1 Å². The summed E-state index contributed by atoms with van der Waals surface area (Å²) in [6, 6.07) is 5.33. The molecular formula is C18H19F2N3O4S2. The molecule has 29 heavy (non-hydrogen) atoms. The Hall–Kier alpha value is -2.24. The number of nitrogens with two attached hydrogens (primary N) is 1. The summed E-state index contributed by atoms with van der Waals surface area (Å²) in [5.41, 5.74) is 6.77. The third-order valence-corrected chi connectivity index (χ3v) is 6.54. The van der Waals surface area contributed by atoms with E-state index in [1.165, 1.54) is 34.5 Å². The van der Waals surface area contributed by atoms with Gasteiger partial charge in [0.1, 0.15) is 5.75 Å². The molecule has 0 bridgehead atoms. The minimum Gasteiger partial charge on any atom is -0.476 e. The van der Waals surface area contributed by atoms with Crippen molar-refractivity contribution in [1.29, 1.82) is 0 Å². The van der Waals surface area contributed by atoms with Crippen LogP contribution in [0.4, 0.5) is 8.78 Å². The number of amides is 1. The first kappa shape index (κ1) is 21.5. The van der Waals surface area contributed by atoms with Crippen molar-refractivity contribution in [2.45, 2.75) is 35.9 Å². The van der Waals surface area contributed by atoms with E-state index in [1.54, 1.807) is 23.1 Å². The Balaban J connectivity index is 1.66. The number of hydrogen-bond acceptors (Lipinski definition) is 7. The van der Waals surface area contributed by atoms with Crippen molar-refractivity contribution >= 4 is 35.0 Å². The predicted molar refractivity (Wildman–Crippen MR) is 105 cm³/mol. The van der Waals surface area contributed by atoms with Gasteiger partial charge >= 0.3 is 12.6 Å². The maximum Gasteiger partial charge on any atom is 0.387 e. The van der Waals surface area contributed by atoms with Crippen LogP contribution in [0.15, 0.2) is 34.0 Å². The molecule has 11 heteroatoms. The van der Waals surface area contributed by atoms with Crippen LogP contribution < -0.4 is 10.5 Å². The number of carboxylic acid groups (broad SMARTS) is 1. The number of likely N-dealkylation sites (tertiary alicyclic amines) is 1. The van der Waals surface area contributed by atoms with Gasteiger partial charge in [0.15, 0.2) is 10.0 Å². The summed E-state index contributed by atoms with van der Waals surface area (Å²) >= 11 is 2.58. The van der Waals surface area contributed by atoms with Gasteiger partial charge in [-0.15, -0.1) is 11.3 Å². The zero-order chi connectivity index (χ0) is 21.0. The van der Waals surface area contributed by atoms with Crippen molar-refractivity contribution in [2.24, 2.45) is 5.73 Å². The Kier molecular flexibility index (Phi) is 7.04. The molecule has 1 aliphatic rings. The normalized spacial score (nSPS) is 17.7. The van der Waals surface area contributed by atoms with E-state index in [1.807, 2.05) is 0 Å². The molecule has 1 fully saturated rings. The van der Waals surface area contributed by atoms with E-state index in [9.17, 15) is 18.4 Å². The first-order valence-electron chi connectivity index (χ1n) is 8.77. The molecule has 3 N–H and O–H groups in total. The van der Waals surface area contributed by atoms with Crippen molar-refractivity contribution in [3.05, 3.63) is 40.9 Å². The number of benzene rings is 1. The van der Waals surface area contributed by atoms with Gasteiger partial charge in [-0.1, -0.05) is 30.0 Å². The number of thiazole rings is 1. The molecule has 0 aliphatic carbocycles. The van der Waals surface area contributed by atoms with Crippen molar-refractivity contribution in [3.63, 3.8) is 0 Å². The molecule has 1 aliphatic heterocycles. The number of carbonyl (C=O) groups excluding carboxylic acids is 1. The molecular weight excluding hydrogens is 424 g/mol. The van der Waals surface area contributed by atoms with Gasteiger partial charge in [-0.3, -0.25) is 4.79 Å². The zero-order valence-electron chi connectivity index (χ0n) is 15.2. The summed E-state index contributed by atoms with van der Waals surface area (Å²) in [4.78, 5) is 28.9. The van der Waals surface area contributed by atoms with Crippen molar-refractivity contribution in [1.82, 2.24) is 9.88 Å². The van der Waals surface area contributed by atoms with Crippen molar-refractivity contribution in [3.8, 4) is 5.75 Å². The third-order valence-electron chi connectivity index (χ3n) is 4.54. The fourth-order valence-electron chi connectivity index (χ4n) is 3.24. The molecule has 7 nitrogen and oxygen atoms in total. The zero-order valence-corrected chi connectivity index (χ0v) is 16.8. The van der Waals surface area contributed by atoms with Crippen LogP contribution in [0, 0.1) is 0 Å². The SMILES string of the molecule is NC(c1ccccc1OC(F)F)[C@H]1CCC(=O)N1CCSc1nc(C(=O)O)cs1. The summed E-state index contributed by atoms with van der Waals surface area (Å²) in [5.74, 6) is -0.619. The topological polar surface area (TPSA) is 106 Å². The molecule has 2 atom stereocenters. The predicted octanol–water partition coefficient (Wildman–Crippen LogP) is 3.23. The quantitative estimate of drug-likeness (QED) is 0.573. The van der Waals surface area contributed by atoms with E-state index < -0.39 is 18.6 Å². The second-order valence-corrected chi connectivity index (χ2v) is 8.49. The number of para-hydroxylation sites is 1. The van der Waals surface area contributed by atoms with Crippen LogP contribution in [0.3, 0.4) is 0 Å². The number of rotatable bonds is 9. The number of carbonyl (C=O) groups is 2. The lowest BCUT2D eigenvalue weighted by Gasteiger charge is -2.30. The summed E-state index contributed by atoms with van der Waals surface area (Å²) < 4.78 is 30.5. The fourth-order valence-corrected chi connectivity index (χ4v) is 5.05. The van der Waals surface area contributed by atoms with Gasteiger partial charge in [0.2, 0.25) is 5.91 Å². The molecule has 0 radical (unpaired) electrons. The number of halogens is 2. The molecule has 1 aromatic heterocycles. The van der Waals surface area contributed by atoms with E-state index in [0.717, 1.165) is 0 Å². The molecule has 0 spiro atoms. The van der Waals surface area contributed by atoms with Crippen LogP contribution >= 0.6 is 23.1 Å². The van der Waals surface area contributed by atoms with Gasteiger partial charge in [-0.05, 0) is 12.5 Å². The lowest BCUT2D eigenvalue weighted by atomic mass is 9.97. The molecule has 2 aromatic rings. The number of hydrogen-bond donors (Lipinski definition) is 2. The van der Waals surface area contributed by atoms with Crippen molar-refractivity contribution < 1.29 is 28.2 Å². The van der Waals surface area contributed by atoms with E-state index in [-0.39, 0.29) is 23.4 Å². The minimum absolute atomic E-state index is 0.00709. The van der Waals surface area contributed by atoms with Crippen LogP contribution in [0.2, 0.25) is 0 Å². The number of aromatic nitrogens is 1. The monoisotopic (exact) mass is 443 g/mol. The van der Waals surface area contributed by atoms with E-state index >= 15 is 0 Å². The molecule has 1 saturated heterocycles. The number of nitrogens with zero attached hydrogens (tertiary/aromatic N) is 2. The highest BCUT2D eigenvalue weighted by Crippen LogP contribution is 2.34. The maximum absolute atomic E-state index is 12.7. The Bertz CT molecular complexity index is 880. The Morgan fingerprint density at radius 2 is 2.21 bits per heavy atom. The Labute approximate surface area is 173 Å². The minimum atomic E-state index is -2.96. The average Bonchev–Trinajstić information content (AvgIpc) is 3.29. The smallest absolute Gasteiger partial charge is 0.387 e. The highest BCUT2D eigenvalue weighted by Gasteiger charge is 2.36. The van der Waals surface area contributed by atoms with Crippen LogP contribution in [-0.4, -0.2) is 51.8 Å². The van der Waals surface area contributed by atoms with Crippen LogP contribution in [0.5, 0.6) is 5.75 Å². The average molecular weight is 443 g/mol. The van der Waals surface area contributed by atoms with E-state index in [2.05, 4.69) is 9.72 Å². The van der Waals surface area contributed by atoms with Gasteiger partial charge in [-0.25, -0.2) is 9.78 Å². The number of carboxylic acids is 1. The fraction of sp³-hybridized carbons (Fsp3) is 0.389. The molecule has 1 aromatic carbocycles. The standard InChI is InChI=1S/C18H19F2N3O4S2/c19-17(20)27-13-4-2-1-3-10(13)15(21)12-5-6-14(24)23(12)7-8-28-18-22-11(9-29-18)16(25)26/h1-4,9,12,15,17H,5-8,21H2,(H,25,26)/t12-,15?/m1/s1. The Morgan fingerprint density at radius 3 is 2.90 bits per heavy atom. The largest absolute Gasteiger partial charge is 0.476 e. The summed E-state index contributed by atoms with van der Waals surface area (Å²) in [6.07, 6.45) is 0.857. The van der Waals surface area contributed by atoms with Gasteiger partial charge in [-0.2, -0.15) is 8.78 Å². The molecule has 156 valence electrons. The molecule has 1 unspecified atom stereocenters. The van der Waals surface area contributed by atoms with Gasteiger partial charge < -0.3 is 20.5 Å². The Morgan fingerprint density at radius 1 is 1.45 bits per heavy atom.